The van der Waals surface area contributed by atoms with Crippen LogP contribution in [0.4, 0.5) is 0 Å². The molecule has 94 valence electrons. The summed E-state index contributed by atoms with van der Waals surface area (Å²) in [6.07, 6.45) is 5.97. The normalized spacial score (nSPS) is 18.6. The Bertz CT molecular complexity index is 365. The average Bonchev–Trinajstić information content (AvgIpc) is 2.35. The van der Waals surface area contributed by atoms with Crippen molar-refractivity contribution < 1.29 is 9.47 Å². The fraction of sp³-hybridized carbons (Fsp3) is 0.571. The highest BCUT2D eigenvalue weighted by Crippen LogP contribution is 2.30. The van der Waals surface area contributed by atoms with Crippen LogP contribution < -0.4 is 4.74 Å². The second-order valence-electron chi connectivity index (χ2n) is 4.46. The first-order valence-electron chi connectivity index (χ1n) is 6.36. The molecule has 0 saturated carbocycles. The Labute approximate surface area is 111 Å². The zero-order chi connectivity index (χ0) is 12.1. The highest BCUT2D eigenvalue weighted by molar-refractivity contribution is 9.10. The van der Waals surface area contributed by atoms with Crippen LogP contribution in [0.25, 0.3) is 0 Å². The number of fused-ring (bicyclic) bond motifs is 1. The lowest BCUT2D eigenvalue weighted by Gasteiger charge is -2.26. The van der Waals surface area contributed by atoms with Crippen LogP contribution in [0.2, 0.25) is 0 Å². The summed E-state index contributed by atoms with van der Waals surface area (Å²) in [6, 6.07) is 6.09. The van der Waals surface area contributed by atoms with E-state index in [0.29, 0.717) is 6.61 Å². The third kappa shape index (κ3) is 3.71. The van der Waals surface area contributed by atoms with E-state index >= 15 is 0 Å². The molecule has 1 aliphatic heterocycles. The van der Waals surface area contributed by atoms with Gasteiger partial charge in [-0.2, -0.15) is 0 Å². The van der Waals surface area contributed by atoms with Gasteiger partial charge in [0.1, 0.15) is 5.75 Å². The maximum Gasteiger partial charge on any atom is 0.200 e. The number of hydrogen-bond acceptors (Lipinski definition) is 2. The Morgan fingerprint density at radius 3 is 3.00 bits per heavy atom. The van der Waals surface area contributed by atoms with E-state index in [1.807, 2.05) is 12.1 Å². The van der Waals surface area contributed by atoms with Crippen molar-refractivity contribution in [1.82, 2.24) is 0 Å². The van der Waals surface area contributed by atoms with E-state index in [2.05, 4.69) is 28.9 Å². The molecule has 0 spiro atoms. The first-order chi connectivity index (χ1) is 8.29. The molecule has 0 fully saturated rings. The van der Waals surface area contributed by atoms with Crippen LogP contribution in [-0.4, -0.2) is 6.29 Å². The quantitative estimate of drug-likeness (QED) is 0.736. The van der Waals surface area contributed by atoms with E-state index in [-0.39, 0.29) is 6.29 Å². The molecule has 0 aliphatic carbocycles. The third-order valence-corrected chi connectivity index (χ3v) is 3.49. The molecular weight excluding hydrogens is 280 g/mol. The molecular formula is C14H19BrO2. The lowest BCUT2D eigenvalue weighted by Crippen LogP contribution is -2.25. The lowest BCUT2D eigenvalue weighted by atomic mass is 10.1. The fourth-order valence-electron chi connectivity index (χ4n) is 2.01. The fourth-order valence-corrected chi connectivity index (χ4v) is 2.42. The maximum absolute atomic E-state index is 5.82. The average molecular weight is 299 g/mol. The summed E-state index contributed by atoms with van der Waals surface area (Å²) in [5.74, 6) is 0.972. The van der Waals surface area contributed by atoms with Gasteiger partial charge in [0.25, 0.3) is 0 Å². The molecule has 2 nitrogen and oxygen atoms in total. The number of unbranched alkanes of at least 4 members (excludes halogenated alkanes) is 3. The molecule has 0 bridgehead atoms. The van der Waals surface area contributed by atoms with E-state index in [1.54, 1.807) is 0 Å². The first-order valence-corrected chi connectivity index (χ1v) is 7.15. The summed E-state index contributed by atoms with van der Waals surface area (Å²) in [6.45, 7) is 2.88. The first kappa shape index (κ1) is 12.9. The predicted octanol–water partition coefficient (Wildman–Crippen LogP) is 4.65. The minimum Gasteiger partial charge on any atom is -0.465 e. The molecule has 0 N–H and O–H groups in total. The summed E-state index contributed by atoms with van der Waals surface area (Å²) < 4.78 is 12.6. The molecule has 17 heavy (non-hydrogen) atoms. The van der Waals surface area contributed by atoms with Crippen molar-refractivity contribution >= 4 is 15.9 Å². The molecule has 1 aromatic rings. The number of halogens is 1. The molecule has 0 saturated heterocycles. The second-order valence-corrected chi connectivity index (χ2v) is 5.38. The minimum atomic E-state index is -0.0551. The molecule has 0 radical (unpaired) electrons. The molecule has 1 heterocycles. The van der Waals surface area contributed by atoms with E-state index in [0.717, 1.165) is 22.2 Å². The molecule has 1 unspecified atom stereocenters. The summed E-state index contributed by atoms with van der Waals surface area (Å²) in [7, 11) is 0. The summed E-state index contributed by atoms with van der Waals surface area (Å²) in [5, 5.41) is 0. The molecule has 0 amide bonds. The molecule has 1 aromatic carbocycles. The van der Waals surface area contributed by atoms with Crippen molar-refractivity contribution in [3.05, 3.63) is 28.2 Å². The van der Waals surface area contributed by atoms with E-state index in [1.165, 1.54) is 25.7 Å². The van der Waals surface area contributed by atoms with Crippen LogP contribution in [0.1, 0.15) is 44.6 Å². The van der Waals surface area contributed by atoms with Gasteiger partial charge in [0.15, 0.2) is 6.29 Å². The Morgan fingerprint density at radius 1 is 1.29 bits per heavy atom. The van der Waals surface area contributed by atoms with Crippen LogP contribution in [0.5, 0.6) is 5.75 Å². The van der Waals surface area contributed by atoms with Gasteiger partial charge in [0.05, 0.1) is 6.61 Å². The van der Waals surface area contributed by atoms with Crippen molar-refractivity contribution in [2.24, 2.45) is 0 Å². The van der Waals surface area contributed by atoms with Gasteiger partial charge in [-0.15, -0.1) is 0 Å². The topological polar surface area (TPSA) is 18.5 Å². The van der Waals surface area contributed by atoms with Crippen molar-refractivity contribution in [3.63, 3.8) is 0 Å². The predicted molar refractivity (Wildman–Crippen MR) is 72.1 cm³/mol. The SMILES string of the molecule is CCCCCCC1OCc2cc(Br)ccc2O1. The number of rotatable bonds is 5. The van der Waals surface area contributed by atoms with Crippen LogP contribution in [-0.2, 0) is 11.3 Å². The van der Waals surface area contributed by atoms with Crippen LogP contribution in [0.3, 0.4) is 0 Å². The standard InChI is InChI=1S/C14H19BrO2/c1-2-3-4-5-6-14-16-10-11-9-12(15)7-8-13(11)17-14/h7-9,14H,2-6,10H2,1H3. The molecule has 1 atom stereocenters. The minimum absolute atomic E-state index is 0.0551. The number of benzene rings is 1. The van der Waals surface area contributed by atoms with E-state index < -0.39 is 0 Å². The van der Waals surface area contributed by atoms with Gasteiger partial charge in [-0.3, -0.25) is 0 Å². The van der Waals surface area contributed by atoms with Gasteiger partial charge in [0, 0.05) is 16.5 Å². The van der Waals surface area contributed by atoms with Gasteiger partial charge >= 0.3 is 0 Å². The Morgan fingerprint density at radius 2 is 2.18 bits per heavy atom. The van der Waals surface area contributed by atoms with Crippen molar-refractivity contribution in [1.29, 1.82) is 0 Å². The van der Waals surface area contributed by atoms with Crippen molar-refractivity contribution in [3.8, 4) is 5.75 Å². The molecule has 3 heteroatoms. The third-order valence-electron chi connectivity index (χ3n) is 3.00. The molecule has 0 aromatic heterocycles. The van der Waals surface area contributed by atoms with Crippen LogP contribution in [0.15, 0.2) is 22.7 Å². The summed E-state index contributed by atoms with van der Waals surface area (Å²) in [4.78, 5) is 0. The summed E-state index contributed by atoms with van der Waals surface area (Å²) >= 11 is 3.45. The number of ether oxygens (including phenoxy) is 2. The number of hydrogen-bond donors (Lipinski definition) is 0. The van der Waals surface area contributed by atoms with Crippen LogP contribution in [0, 0.1) is 0 Å². The van der Waals surface area contributed by atoms with Gasteiger partial charge in [0.2, 0.25) is 0 Å². The Kier molecular flexibility index (Phi) is 4.86. The highest BCUT2D eigenvalue weighted by atomic mass is 79.9. The Balaban J connectivity index is 1.84. The Hall–Kier alpha value is -0.540. The van der Waals surface area contributed by atoms with Crippen molar-refractivity contribution in [2.45, 2.75) is 51.9 Å². The lowest BCUT2D eigenvalue weighted by molar-refractivity contribution is -0.112. The van der Waals surface area contributed by atoms with E-state index in [9.17, 15) is 0 Å². The highest BCUT2D eigenvalue weighted by Gasteiger charge is 2.19. The monoisotopic (exact) mass is 298 g/mol. The van der Waals surface area contributed by atoms with Crippen LogP contribution >= 0.6 is 15.9 Å². The molecule has 2 rings (SSSR count). The molecule has 1 aliphatic rings. The zero-order valence-corrected chi connectivity index (χ0v) is 11.8. The van der Waals surface area contributed by atoms with Gasteiger partial charge in [-0.25, -0.2) is 0 Å². The summed E-state index contributed by atoms with van der Waals surface area (Å²) in [5.41, 5.74) is 1.13. The smallest absolute Gasteiger partial charge is 0.200 e. The largest absolute Gasteiger partial charge is 0.465 e. The maximum atomic E-state index is 5.82. The van der Waals surface area contributed by atoms with E-state index in [4.69, 9.17) is 9.47 Å². The van der Waals surface area contributed by atoms with Gasteiger partial charge in [-0.1, -0.05) is 42.1 Å². The second kappa shape index (κ2) is 6.41. The van der Waals surface area contributed by atoms with Gasteiger partial charge < -0.3 is 9.47 Å². The van der Waals surface area contributed by atoms with Gasteiger partial charge in [-0.05, 0) is 24.6 Å². The zero-order valence-electron chi connectivity index (χ0n) is 10.2. The van der Waals surface area contributed by atoms with Crippen molar-refractivity contribution in [2.75, 3.05) is 0 Å².